The van der Waals surface area contributed by atoms with Gasteiger partial charge in [0.05, 0.1) is 6.61 Å². The standard InChI is InChI=1S/C15H22F3N3O2/c1-10-11(2)19-9-20-14(10)23-8-12-3-5-21(6-4-12)7-13(22)15(16,17)18/h9,12-13,22H,3-8H2,1-2H3. The Morgan fingerprint density at radius 3 is 2.57 bits per heavy atom. The molecule has 1 aliphatic heterocycles. The normalized spacial score (nSPS) is 18.9. The summed E-state index contributed by atoms with van der Waals surface area (Å²) in [4.78, 5) is 9.83. The molecule has 1 fully saturated rings. The van der Waals surface area contributed by atoms with Crippen molar-refractivity contribution in [1.82, 2.24) is 14.9 Å². The second kappa shape index (κ2) is 7.44. The molecule has 0 saturated carbocycles. The third-order valence-corrected chi connectivity index (χ3v) is 4.26. The number of aryl methyl sites for hydroxylation is 1. The summed E-state index contributed by atoms with van der Waals surface area (Å²) in [5.41, 5.74) is 1.77. The Morgan fingerprint density at radius 1 is 1.30 bits per heavy atom. The molecule has 0 spiro atoms. The van der Waals surface area contributed by atoms with Crippen LogP contribution in [0.1, 0.15) is 24.1 Å². The maximum Gasteiger partial charge on any atom is 0.415 e. The Bertz CT molecular complexity index is 517. The first-order valence-corrected chi connectivity index (χ1v) is 7.65. The minimum absolute atomic E-state index is 0.281. The highest BCUT2D eigenvalue weighted by Gasteiger charge is 2.39. The van der Waals surface area contributed by atoms with Gasteiger partial charge in [-0.3, -0.25) is 0 Å². The summed E-state index contributed by atoms with van der Waals surface area (Å²) in [5, 5.41) is 9.11. The highest BCUT2D eigenvalue weighted by molar-refractivity contribution is 5.26. The summed E-state index contributed by atoms with van der Waals surface area (Å²) in [6.45, 7) is 4.97. The molecular weight excluding hydrogens is 311 g/mol. The molecule has 0 bridgehead atoms. The van der Waals surface area contributed by atoms with Crippen LogP contribution in [0, 0.1) is 19.8 Å². The Morgan fingerprint density at radius 2 is 1.96 bits per heavy atom. The maximum absolute atomic E-state index is 12.4. The van der Waals surface area contributed by atoms with Gasteiger partial charge in [-0.25, -0.2) is 9.97 Å². The second-order valence-electron chi connectivity index (χ2n) is 6.00. The molecule has 0 amide bonds. The molecule has 8 heteroatoms. The molecule has 1 aromatic rings. The lowest BCUT2D eigenvalue weighted by atomic mass is 9.97. The van der Waals surface area contributed by atoms with Gasteiger partial charge in [-0.2, -0.15) is 13.2 Å². The number of hydrogen-bond donors (Lipinski definition) is 1. The van der Waals surface area contributed by atoms with Crippen molar-refractivity contribution < 1.29 is 23.0 Å². The first-order chi connectivity index (χ1) is 10.8. The van der Waals surface area contributed by atoms with Crippen LogP contribution in [-0.4, -0.2) is 58.5 Å². The lowest BCUT2D eigenvalue weighted by Crippen LogP contribution is -2.44. The van der Waals surface area contributed by atoms with Gasteiger partial charge in [0.15, 0.2) is 6.10 Å². The maximum atomic E-state index is 12.4. The zero-order valence-corrected chi connectivity index (χ0v) is 13.3. The molecular formula is C15H22F3N3O2. The number of piperidine rings is 1. The van der Waals surface area contributed by atoms with Crippen molar-refractivity contribution in [2.24, 2.45) is 5.92 Å². The number of aromatic nitrogens is 2. The van der Waals surface area contributed by atoms with Crippen LogP contribution >= 0.6 is 0 Å². The van der Waals surface area contributed by atoms with E-state index in [-0.39, 0.29) is 12.5 Å². The number of rotatable bonds is 5. The van der Waals surface area contributed by atoms with Gasteiger partial charge in [0.25, 0.3) is 0 Å². The van der Waals surface area contributed by atoms with E-state index >= 15 is 0 Å². The third kappa shape index (κ3) is 5.04. The predicted molar refractivity (Wildman–Crippen MR) is 78.2 cm³/mol. The Kier molecular flexibility index (Phi) is 5.80. The van der Waals surface area contributed by atoms with Crippen molar-refractivity contribution in [2.75, 3.05) is 26.2 Å². The van der Waals surface area contributed by atoms with E-state index in [1.807, 2.05) is 13.8 Å². The Balaban J connectivity index is 1.76. The molecule has 23 heavy (non-hydrogen) atoms. The van der Waals surface area contributed by atoms with Crippen LogP contribution in [0.5, 0.6) is 5.88 Å². The number of aliphatic hydroxyl groups is 1. The van der Waals surface area contributed by atoms with Crippen molar-refractivity contribution in [3.63, 3.8) is 0 Å². The van der Waals surface area contributed by atoms with Gasteiger partial charge in [0.1, 0.15) is 6.33 Å². The van der Waals surface area contributed by atoms with Gasteiger partial charge in [-0.15, -0.1) is 0 Å². The van der Waals surface area contributed by atoms with E-state index in [9.17, 15) is 13.2 Å². The molecule has 1 aliphatic rings. The third-order valence-electron chi connectivity index (χ3n) is 4.26. The predicted octanol–water partition coefficient (Wildman–Crippen LogP) is 2.11. The van der Waals surface area contributed by atoms with Gasteiger partial charge in [0, 0.05) is 17.8 Å². The molecule has 1 N–H and O–H groups in total. The topological polar surface area (TPSA) is 58.5 Å². The number of ether oxygens (including phenoxy) is 1. The van der Waals surface area contributed by atoms with Crippen molar-refractivity contribution in [3.8, 4) is 5.88 Å². The molecule has 1 saturated heterocycles. The van der Waals surface area contributed by atoms with E-state index in [0.717, 1.165) is 24.1 Å². The number of β-amino-alcohol motifs (C(OH)–C–C–N with tert-alkyl or cyclic N) is 1. The van der Waals surface area contributed by atoms with Crippen LogP contribution in [0.4, 0.5) is 13.2 Å². The zero-order valence-electron chi connectivity index (χ0n) is 13.3. The quantitative estimate of drug-likeness (QED) is 0.894. The highest BCUT2D eigenvalue weighted by Crippen LogP contribution is 2.24. The van der Waals surface area contributed by atoms with Crippen LogP contribution < -0.4 is 4.74 Å². The highest BCUT2D eigenvalue weighted by atomic mass is 19.4. The van der Waals surface area contributed by atoms with Gasteiger partial charge >= 0.3 is 6.18 Å². The molecule has 2 rings (SSSR count). The summed E-state index contributed by atoms with van der Waals surface area (Å²) in [6, 6.07) is 0. The second-order valence-corrected chi connectivity index (χ2v) is 6.00. The van der Waals surface area contributed by atoms with Crippen LogP contribution in [-0.2, 0) is 0 Å². The van der Waals surface area contributed by atoms with E-state index in [0.29, 0.717) is 25.6 Å². The van der Waals surface area contributed by atoms with Crippen LogP contribution in [0.2, 0.25) is 0 Å². The van der Waals surface area contributed by atoms with E-state index in [4.69, 9.17) is 9.84 Å². The molecule has 130 valence electrons. The lowest BCUT2D eigenvalue weighted by Gasteiger charge is -2.33. The lowest BCUT2D eigenvalue weighted by molar-refractivity contribution is -0.208. The molecule has 1 unspecified atom stereocenters. The first kappa shape index (κ1) is 17.9. The molecule has 0 aromatic carbocycles. The summed E-state index contributed by atoms with van der Waals surface area (Å²) in [6.07, 6.45) is -3.88. The zero-order chi connectivity index (χ0) is 17.0. The monoisotopic (exact) mass is 333 g/mol. The number of aliphatic hydroxyl groups excluding tert-OH is 1. The summed E-state index contributed by atoms with van der Waals surface area (Å²) in [7, 11) is 0. The van der Waals surface area contributed by atoms with E-state index in [2.05, 4.69) is 9.97 Å². The minimum atomic E-state index is -4.55. The summed E-state index contributed by atoms with van der Waals surface area (Å²) >= 11 is 0. The van der Waals surface area contributed by atoms with Gasteiger partial charge in [-0.1, -0.05) is 0 Å². The van der Waals surface area contributed by atoms with Crippen LogP contribution in [0.15, 0.2) is 6.33 Å². The number of nitrogens with zero attached hydrogens (tertiary/aromatic N) is 3. The van der Waals surface area contributed by atoms with Crippen molar-refractivity contribution in [1.29, 1.82) is 0 Å². The SMILES string of the molecule is Cc1ncnc(OCC2CCN(CC(O)C(F)(F)F)CC2)c1C. The number of hydrogen-bond acceptors (Lipinski definition) is 5. The fraction of sp³-hybridized carbons (Fsp3) is 0.733. The number of likely N-dealkylation sites (tertiary alicyclic amines) is 1. The Labute approximate surface area is 133 Å². The Hall–Kier alpha value is -1.41. The summed E-state index contributed by atoms with van der Waals surface area (Å²) in [5.74, 6) is 0.844. The smallest absolute Gasteiger partial charge is 0.415 e. The van der Waals surface area contributed by atoms with Crippen LogP contribution in [0.3, 0.4) is 0 Å². The first-order valence-electron chi connectivity index (χ1n) is 7.65. The van der Waals surface area contributed by atoms with Gasteiger partial charge in [-0.05, 0) is 45.7 Å². The van der Waals surface area contributed by atoms with Crippen LogP contribution in [0.25, 0.3) is 0 Å². The molecule has 0 aliphatic carbocycles. The van der Waals surface area contributed by atoms with Crippen molar-refractivity contribution in [3.05, 3.63) is 17.6 Å². The minimum Gasteiger partial charge on any atom is -0.477 e. The number of halogens is 3. The van der Waals surface area contributed by atoms with E-state index < -0.39 is 12.3 Å². The van der Waals surface area contributed by atoms with Crippen molar-refractivity contribution in [2.45, 2.75) is 39.0 Å². The summed E-state index contributed by atoms with van der Waals surface area (Å²) < 4.78 is 42.8. The van der Waals surface area contributed by atoms with Crippen molar-refractivity contribution >= 4 is 0 Å². The average Bonchev–Trinajstić information content (AvgIpc) is 2.49. The fourth-order valence-electron chi connectivity index (χ4n) is 2.54. The molecule has 0 radical (unpaired) electrons. The number of alkyl halides is 3. The molecule has 1 aromatic heterocycles. The van der Waals surface area contributed by atoms with Gasteiger partial charge < -0.3 is 14.7 Å². The van der Waals surface area contributed by atoms with Gasteiger partial charge in [0.2, 0.25) is 5.88 Å². The molecule has 2 heterocycles. The van der Waals surface area contributed by atoms with E-state index in [1.165, 1.54) is 6.33 Å². The fourth-order valence-corrected chi connectivity index (χ4v) is 2.54. The largest absolute Gasteiger partial charge is 0.477 e. The van der Waals surface area contributed by atoms with E-state index in [1.54, 1.807) is 4.90 Å². The molecule has 1 atom stereocenters. The average molecular weight is 333 g/mol. The molecule has 5 nitrogen and oxygen atoms in total.